The third-order valence-corrected chi connectivity index (χ3v) is 6.04. The molecule has 0 bridgehead atoms. The van der Waals surface area contributed by atoms with Gasteiger partial charge in [-0.1, -0.05) is 40.9 Å². The third-order valence-electron chi connectivity index (χ3n) is 4.08. The van der Waals surface area contributed by atoms with Gasteiger partial charge in [-0.2, -0.15) is 0 Å². The minimum Gasteiger partial charge on any atom is -0.355 e. The number of likely N-dealkylation sites (N-methyl/N-ethyl adjacent to an activating group) is 1. The van der Waals surface area contributed by atoms with Crippen molar-refractivity contribution in [3.63, 3.8) is 0 Å². The van der Waals surface area contributed by atoms with Gasteiger partial charge in [-0.25, -0.2) is 0 Å². The third kappa shape index (κ3) is 6.31. The summed E-state index contributed by atoms with van der Waals surface area (Å²) in [5.41, 5.74) is 0.617. The zero-order valence-corrected chi connectivity index (χ0v) is 18.6. The van der Waals surface area contributed by atoms with E-state index in [1.165, 1.54) is 16.7 Å². The lowest BCUT2D eigenvalue weighted by Gasteiger charge is -2.29. The van der Waals surface area contributed by atoms with Crippen LogP contribution in [-0.4, -0.2) is 35.1 Å². The van der Waals surface area contributed by atoms with Crippen LogP contribution >= 0.6 is 46.6 Å². The standard InChI is InChI=1S/C20H21Cl3N2O2S/c1-3-24-20(27)13(2)25(11-16-17(22)5-4-6-18(16)23)19(26)12-28-15-9-7-14(21)8-10-15/h4-10,13H,3,11-12H2,1-2H3,(H,24,27)/t13-/m0/s1. The predicted molar refractivity (Wildman–Crippen MR) is 117 cm³/mol. The van der Waals surface area contributed by atoms with Gasteiger partial charge >= 0.3 is 0 Å². The van der Waals surface area contributed by atoms with Gasteiger partial charge in [0.1, 0.15) is 6.04 Å². The van der Waals surface area contributed by atoms with Crippen LogP contribution in [0, 0.1) is 0 Å². The smallest absolute Gasteiger partial charge is 0.242 e. The van der Waals surface area contributed by atoms with Crippen molar-refractivity contribution in [3.8, 4) is 0 Å². The molecule has 2 amide bonds. The van der Waals surface area contributed by atoms with E-state index in [2.05, 4.69) is 5.32 Å². The van der Waals surface area contributed by atoms with Gasteiger partial charge in [0.25, 0.3) is 0 Å². The molecule has 1 atom stereocenters. The molecule has 2 aromatic rings. The first kappa shape index (κ1) is 22.9. The molecule has 0 heterocycles. The summed E-state index contributed by atoms with van der Waals surface area (Å²) in [4.78, 5) is 27.8. The molecule has 0 aliphatic heterocycles. The molecule has 0 aliphatic rings. The molecule has 0 saturated heterocycles. The van der Waals surface area contributed by atoms with Gasteiger partial charge in [0.05, 0.1) is 5.75 Å². The second-order valence-electron chi connectivity index (χ2n) is 6.04. The number of halogens is 3. The van der Waals surface area contributed by atoms with Crippen molar-refractivity contribution in [2.24, 2.45) is 0 Å². The van der Waals surface area contributed by atoms with Crippen LogP contribution in [0.5, 0.6) is 0 Å². The van der Waals surface area contributed by atoms with Crippen molar-refractivity contribution in [2.45, 2.75) is 31.3 Å². The molecule has 2 aromatic carbocycles. The topological polar surface area (TPSA) is 49.4 Å². The molecule has 28 heavy (non-hydrogen) atoms. The molecule has 0 fully saturated rings. The van der Waals surface area contributed by atoms with Crippen molar-refractivity contribution >= 4 is 58.4 Å². The molecule has 4 nitrogen and oxygen atoms in total. The number of carbonyl (C=O) groups is 2. The molecule has 8 heteroatoms. The Bertz CT molecular complexity index is 810. The SMILES string of the molecule is CCNC(=O)[C@H](C)N(Cc1c(Cl)cccc1Cl)C(=O)CSc1ccc(Cl)cc1. The van der Waals surface area contributed by atoms with E-state index in [0.29, 0.717) is 27.2 Å². The van der Waals surface area contributed by atoms with E-state index in [9.17, 15) is 9.59 Å². The summed E-state index contributed by atoms with van der Waals surface area (Å²) >= 11 is 19.8. The molecule has 150 valence electrons. The van der Waals surface area contributed by atoms with Gasteiger partial charge < -0.3 is 10.2 Å². The van der Waals surface area contributed by atoms with Gasteiger partial charge in [-0.15, -0.1) is 11.8 Å². The number of nitrogens with zero attached hydrogens (tertiary/aromatic N) is 1. The van der Waals surface area contributed by atoms with Crippen LogP contribution in [0.25, 0.3) is 0 Å². The number of amides is 2. The Hall–Kier alpha value is -1.40. The Morgan fingerprint density at radius 2 is 1.68 bits per heavy atom. The van der Waals surface area contributed by atoms with Crippen LogP contribution in [0.3, 0.4) is 0 Å². The van der Waals surface area contributed by atoms with Crippen LogP contribution in [0.4, 0.5) is 0 Å². The Labute approximate surface area is 184 Å². The van der Waals surface area contributed by atoms with Crippen molar-refractivity contribution in [1.29, 1.82) is 0 Å². The second kappa shape index (κ2) is 11.0. The molecule has 0 spiro atoms. The fourth-order valence-electron chi connectivity index (χ4n) is 2.52. The maximum atomic E-state index is 13.0. The maximum Gasteiger partial charge on any atom is 0.242 e. The monoisotopic (exact) mass is 458 g/mol. The summed E-state index contributed by atoms with van der Waals surface area (Å²) < 4.78 is 0. The van der Waals surface area contributed by atoms with Crippen LogP contribution in [0.2, 0.25) is 15.1 Å². The molecule has 0 saturated carbocycles. The number of carbonyl (C=O) groups excluding carboxylic acids is 2. The minimum absolute atomic E-state index is 0.150. The van der Waals surface area contributed by atoms with Crippen LogP contribution < -0.4 is 5.32 Å². The predicted octanol–water partition coefficient (Wildman–Crippen LogP) is 5.29. The summed E-state index contributed by atoms with van der Waals surface area (Å²) in [5.74, 6) is -0.238. The molecule has 0 unspecified atom stereocenters. The van der Waals surface area contributed by atoms with Gasteiger partial charge in [0, 0.05) is 38.6 Å². The first-order valence-electron chi connectivity index (χ1n) is 8.72. The van der Waals surface area contributed by atoms with Crippen molar-refractivity contribution in [1.82, 2.24) is 10.2 Å². The van der Waals surface area contributed by atoms with Gasteiger partial charge in [-0.3, -0.25) is 9.59 Å². The molecule has 1 N–H and O–H groups in total. The van der Waals surface area contributed by atoms with Gasteiger partial charge in [0.15, 0.2) is 0 Å². The average molecular weight is 460 g/mol. The largest absolute Gasteiger partial charge is 0.355 e. The average Bonchev–Trinajstić information content (AvgIpc) is 2.67. The number of hydrogen-bond acceptors (Lipinski definition) is 3. The van der Waals surface area contributed by atoms with E-state index in [1.807, 2.05) is 19.1 Å². The van der Waals surface area contributed by atoms with Crippen molar-refractivity contribution < 1.29 is 9.59 Å². The molecule has 2 rings (SSSR count). The summed E-state index contributed by atoms with van der Waals surface area (Å²) in [5, 5.41) is 4.30. The molecular weight excluding hydrogens is 439 g/mol. The number of benzene rings is 2. The zero-order chi connectivity index (χ0) is 20.7. The fraction of sp³-hybridized carbons (Fsp3) is 0.300. The Morgan fingerprint density at radius 1 is 1.07 bits per heavy atom. The molecule has 0 aliphatic carbocycles. The Balaban J connectivity index is 2.20. The number of nitrogens with one attached hydrogen (secondary N) is 1. The van der Waals surface area contributed by atoms with E-state index in [1.54, 1.807) is 37.3 Å². The van der Waals surface area contributed by atoms with Crippen LogP contribution in [-0.2, 0) is 16.1 Å². The summed E-state index contributed by atoms with van der Waals surface area (Å²) in [7, 11) is 0. The Morgan fingerprint density at radius 3 is 2.25 bits per heavy atom. The van der Waals surface area contributed by atoms with Gasteiger partial charge in [0.2, 0.25) is 11.8 Å². The normalized spacial score (nSPS) is 11.8. The molecule has 0 aromatic heterocycles. The highest BCUT2D eigenvalue weighted by molar-refractivity contribution is 8.00. The lowest BCUT2D eigenvalue weighted by molar-refractivity contribution is -0.138. The maximum absolute atomic E-state index is 13.0. The van der Waals surface area contributed by atoms with E-state index in [4.69, 9.17) is 34.8 Å². The number of thioether (sulfide) groups is 1. The Kier molecular flexibility index (Phi) is 8.96. The summed E-state index contributed by atoms with van der Waals surface area (Å²) in [6, 6.07) is 11.7. The van der Waals surface area contributed by atoms with Gasteiger partial charge in [-0.05, 0) is 50.2 Å². The van der Waals surface area contributed by atoms with E-state index < -0.39 is 6.04 Å². The van der Waals surface area contributed by atoms with Crippen LogP contribution in [0.15, 0.2) is 47.4 Å². The van der Waals surface area contributed by atoms with E-state index >= 15 is 0 Å². The zero-order valence-electron chi connectivity index (χ0n) is 15.5. The first-order valence-corrected chi connectivity index (χ1v) is 10.8. The highest BCUT2D eigenvalue weighted by atomic mass is 35.5. The highest BCUT2D eigenvalue weighted by Crippen LogP contribution is 2.27. The summed E-state index contributed by atoms with van der Waals surface area (Å²) in [6.45, 7) is 4.16. The van der Waals surface area contributed by atoms with Crippen LogP contribution in [0.1, 0.15) is 19.4 Å². The fourth-order valence-corrected chi connectivity index (χ4v) is 3.94. The lowest BCUT2D eigenvalue weighted by Crippen LogP contribution is -2.48. The van der Waals surface area contributed by atoms with Crippen molar-refractivity contribution in [2.75, 3.05) is 12.3 Å². The minimum atomic E-state index is -0.661. The second-order valence-corrected chi connectivity index (χ2v) is 8.33. The molecule has 0 radical (unpaired) electrons. The number of hydrogen-bond donors (Lipinski definition) is 1. The van der Waals surface area contributed by atoms with Crippen molar-refractivity contribution in [3.05, 3.63) is 63.1 Å². The first-order chi connectivity index (χ1) is 13.3. The number of rotatable bonds is 8. The molecular formula is C20H21Cl3N2O2S. The van der Waals surface area contributed by atoms with E-state index in [0.717, 1.165) is 4.90 Å². The lowest BCUT2D eigenvalue weighted by atomic mass is 10.1. The highest BCUT2D eigenvalue weighted by Gasteiger charge is 2.27. The quantitative estimate of drug-likeness (QED) is 0.545. The summed E-state index contributed by atoms with van der Waals surface area (Å²) in [6.07, 6.45) is 0. The van der Waals surface area contributed by atoms with E-state index in [-0.39, 0.29) is 24.1 Å².